The van der Waals surface area contributed by atoms with Crippen molar-refractivity contribution in [3.05, 3.63) is 107 Å². The van der Waals surface area contributed by atoms with E-state index in [1.54, 1.807) is 18.3 Å². The number of hydrogen-bond acceptors (Lipinski definition) is 2. The fourth-order valence-corrected chi connectivity index (χ4v) is 4.44. The molecule has 0 amide bonds. The van der Waals surface area contributed by atoms with E-state index in [0.717, 1.165) is 28.3 Å². The van der Waals surface area contributed by atoms with Crippen molar-refractivity contribution in [2.24, 2.45) is 0 Å². The fraction of sp³-hybridized carbons (Fsp3) is 0.0435. The van der Waals surface area contributed by atoms with Gasteiger partial charge in [0.1, 0.15) is 6.04 Å². The second-order valence-corrected chi connectivity index (χ2v) is 8.11. The Morgan fingerprint density at radius 1 is 0.933 bits per heavy atom. The number of nitrogens with one attached hydrogen (secondary N) is 1. The van der Waals surface area contributed by atoms with Gasteiger partial charge in [-0.25, -0.2) is 0 Å². The molecule has 4 aromatic rings. The lowest BCUT2D eigenvalue weighted by Gasteiger charge is -2.40. The standard InChI is InChI=1S/C23H16Cl2N4S/c24-17-10-9-16(13-18(17)25)27-23(30)29-20-7-2-1-6-19(20)28-12-4-8-21(28)22(29)15-5-3-11-26-14-15/h1-14,22H,(H,27,30)/t22-/m0/s1. The summed E-state index contributed by atoms with van der Waals surface area (Å²) in [6.07, 6.45) is 5.73. The largest absolute Gasteiger partial charge is 0.332 e. The third-order valence-corrected chi connectivity index (χ3v) is 6.15. The highest BCUT2D eigenvalue weighted by molar-refractivity contribution is 7.80. The molecule has 1 aliphatic heterocycles. The Bertz CT molecular complexity index is 1240. The molecule has 2 aromatic heterocycles. The Balaban J connectivity index is 1.63. The molecule has 1 N–H and O–H groups in total. The molecule has 148 valence electrons. The minimum Gasteiger partial charge on any atom is -0.332 e. The van der Waals surface area contributed by atoms with Crippen molar-refractivity contribution in [2.45, 2.75) is 6.04 Å². The zero-order chi connectivity index (χ0) is 20.7. The quantitative estimate of drug-likeness (QED) is 0.354. The smallest absolute Gasteiger partial charge is 0.178 e. The molecule has 4 nitrogen and oxygen atoms in total. The monoisotopic (exact) mass is 450 g/mol. The summed E-state index contributed by atoms with van der Waals surface area (Å²) in [6, 6.07) is 21.6. The highest BCUT2D eigenvalue weighted by Gasteiger charge is 2.34. The van der Waals surface area contributed by atoms with E-state index in [9.17, 15) is 0 Å². The number of nitrogens with zero attached hydrogens (tertiary/aromatic N) is 3. The van der Waals surface area contributed by atoms with Crippen LogP contribution >= 0.6 is 35.4 Å². The summed E-state index contributed by atoms with van der Waals surface area (Å²) >= 11 is 18.2. The van der Waals surface area contributed by atoms with Crippen LogP contribution in [0.5, 0.6) is 0 Å². The van der Waals surface area contributed by atoms with Crippen molar-refractivity contribution >= 4 is 51.9 Å². The average molecular weight is 451 g/mol. The second-order valence-electron chi connectivity index (χ2n) is 6.91. The summed E-state index contributed by atoms with van der Waals surface area (Å²) in [6.45, 7) is 0. The van der Waals surface area contributed by atoms with Crippen LogP contribution in [0.15, 0.2) is 85.3 Å². The van der Waals surface area contributed by atoms with Gasteiger partial charge in [-0.1, -0.05) is 41.4 Å². The van der Waals surface area contributed by atoms with Crippen LogP contribution in [-0.2, 0) is 0 Å². The van der Waals surface area contributed by atoms with Crippen LogP contribution in [0.25, 0.3) is 5.69 Å². The molecule has 0 radical (unpaired) electrons. The molecule has 0 fully saturated rings. The number of hydrogen-bond donors (Lipinski definition) is 1. The topological polar surface area (TPSA) is 33.1 Å². The molecule has 0 bridgehead atoms. The SMILES string of the molecule is S=C(Nc1ccc(Cl)c(Cl)c1)N1c2ccccc2-n2cccc2[C@@H]1c1cccnc1. The molecule has 0 saturated heterocycles. The van der Waals surface area contributed by atoms with E-state index >= 15 is 0 Å². The van der Waals surface area contributed by atoms with Crippen LogP contribution in [0, 0.1) is 0 Å². The molecular weight excluding hydrogens is 435 g/mol. The maximum Gasteiger partial charge on any atom is 0.178 e. The van der Waals surface area contributed by atoms with Crippen molar-refractivity contribution in [2.75, 3.05) is 10.2 Å². The summed E-state index contributed by atoms with van der Waals surface area (Å²) in [5.41, 5.74) is 5.01. The molecule has 5 rings (SSSR count). The van der Waals surface area contributed by atoms with Gasteiger partial charge in [-0.2, -0.15) is 0 Å². The van der Waals surface area contributed by atoms with Gasteiger partial charge >= 0.3 is 0 Å². The molecule has 2 aromatic carbocycles. The Morgan fingerprint density at radius 3 is 2.53 bits per heavy atom. The fourth-order valence-electron chi connectivity index (χ4n) is 3.82. The number of para-hydroxylation sites is 2. The summed E-state index contributed by atoms with van der Waals surface area (Å²) in [5, 5.41) is 4.86. The molecule has 1 atom stereocenters. The number of thiocarbonyl (C=S) groups is 1. The van der Waals surface area contributed by atoms with E-state index in [1.165, 1.54) is 0 Å². The lowest BCUT2D eigenvalue weighted by Crippen LogP contribution is -2.42. The van der Waals surface area contributed by atoms with Crippen LogP contribution < -0.4 is 10.2 Å². The van der Waals surface area contributed by atoms with Gasteiger partial charge in [0.05, 0.1) is 27.1 Å². The summed E-state index contributed by atoms with van der Waals surface area (Å²) in [7, 11) is 0. The van der Waals surface area contributed by atoms with Gasteiger partial charge in [-0.05, 0) is 66.3 Å². The van der Waals surface area contributed by atoms with Gasteiger partial charge in [0.25, 0.3) is 0 Å². The molecule has 0 spiro atoms. The second kappa shape index (κ2) is 7.76. The lowest BCUT2D eigenvalue weighted by atomic mass is 10.00. The first-order valence-electron chi connectivity index (χ1n) is 9.35. The van der Waals surface area contributed by atoms with Crippen molar-refractivity contribution in [3.8, 4) is 5.69 Å². The minimum atomic E-state index is -0.133. The average Bonchev–Trinajstić information content (AvgIpc) is 3.26. The predicted octanol–water partition coefficient (Wildman–Crippen LogP) is 6.49. The zero-order valence-corrected chi connectivity index (χ0v) is 18.0. The number of benzene rings is 2. The van der Waals surface area contributed by atoms with Gasteiger partial charge in [0.15, 0.2) is 5.11 Å². The normalized spacial score (nSPS) is 14.7. The number of halogens is 2. The van der Waals surface area contributed by atoms with Gasteiger partial charge in [-0.3, -0.25) is 4.98 Å². The van der Waals surface area contributed by atoms with Crippen LogP contribution in [-0.4, -0.2) is 14.7 Å². The maximum atomic E-state index is 6.20. The maximum absolute atomic E-state index is 6.20. The van der Waals surface area contributed by atoms with Crippen LogP contribution in [0.1, 0.15) is 17.3 Å². The number of fused-ring (bicyclic) bond motifs is 3. The van der Waals surface area contributed by atoms with Gasteiger partial charge in [-0.15, -0.1) is 0 Å². The molecule has 0 aliphatic carbocycles. The van der Waals surface area contributed by atoms with Gasteiger partial charge < -0.3 is 14.8 Å². The Labute approximate surface area is 189 Å². The number of rotatable bonds is 2. The van der Waals surface area contributed by atoms with Crippen LogP contribution in [0.2, 0.25) is 10.0 Å². The van der Waals surface area contributed by atoms with Crippen molar-refractivity contribution < 1.29 is 0 Å². The summed E-state index contributed by atoms with van der Waals surface area (Å²) in [5.74, 6) is 0. The summed E-state index contributed by atoms with van der Waals surface area (Å²) in [4.78, 5) is 6.47. The number of pyridine rings is 1. The Morgan fingerprint density at radius 2 is 1.77 bits per heavy atom. The van der Waals surface area contributed by atoms with Gasteiger partial charge in [0, 0.05) is 24.3 Å². The zero-order valence-electron chi connectivity index (χ0n) is 15.7. The summed E-state index contributed by atoms with van der Waals surface area (Å²) < 4.78 is 2.20. The predicted molar refractivity (Wildman–Crippen MR) is 127 cm³/mol. The first kappa shape index (κ1) is 19.1. The van der Waals surface area contributed by atoms with E-state index in [-0.39, 0.29) is 6.04 Å². The van der Waals surface area contributed by atoms with Gasteiger partial charge in [0.2, 0.25) is 0 Å². The molecule has 30 heavy (non-hydrogen) atoms. The van der Waals surface area contributed by atoms with Crippen LogP contribution in [0.4, 0.5) is 11.4 Å². The first-order chi connectivity index (χ1) is 14.6. The van der Waals surface area contributed by atoms with Crippen LogP contribution in [0.3, 0.4) is 0 Å². The van der Waals surface area contributed by atoms with E-state index in [1.807, 2.05) is 30.5 Å². The Hall–Kier alpha value is -2.86. The minimum absolute atomic E-state index is 0.133. The Kier molecular flexibility index (Phi) is 4.95. The van der Waals surface area contributed by atoms with E-state index < -0.39 is 0 Å². The van der Waals surface area contributed by atoms with Crippen molar-refractivity contribution in [1.82, 2.24) is 9.55 Å². The molecule has 0 saturated carbocycles. The lowest BCUT2D eigenvalue weighted by molar-refractivity contribution is 0.743. The van der Waals surface area contributed by atoms with Crippen molar-refractivity contribution in [3.63, 3.8) is 0 Å². The molecule has 7 heteroatoms. The van der Waals surface area contributed by atoms with E-state index in [2.05, 4.69) is 56.3 Å². The number of anilines is 2. The third kappa shape index (κ3) is 3.25. The third-order valence-electron chi connectivity index (χ3n) is 5.11. The molecule has 3 heterocycles. The molecule has 1 aliphatic rings. The number of aromatic nitrogens is 2. The van der Waals surface area contributed by atoms with Crippen molar-refractivity contribution in [1.29, 1.82) is 0 Å². The first-order valence-corrected chi connectivity index (χ1v) is 10.5. The highest BCUT2D eigenvalue weighted by atomic mass is 35.5. The van der Waals surface area contributed by atoms with E-state index in [4.69, 9.17) is 35.4 Å². The molecule has 0 unspecified atom stereocenters. The van der Waals surface area contributed by atoms with E-state index in [0.29, 0.717) is 15.2 Å². The molecular formula is C23H16Cl2N4S. The highest BCUT2D eigenvalue weighted by Crippen LogP contribution is 2.42.